The molecule has 0 aliphatic heterocycles. The fourth-order valence-corrected chi connectivity index (χ4v) is 4.44. The number of hydrogen-bond acceptors (Lipinski definition) is 2. The van der Waals surface area contributed by atoms with Crippen molar-refractivity contribution in [3.8, 4) is 0 Å². The highest BCUT2D eigenvalue weighted by molar-refractivity contribution is 6.36. The van der Waals surface area contributed by atoms with Crippen molar-refractivity contribution in [2.75, 3.05) is 0 Å². The van der Waals surface area contributed by atoms with Gasteiger partial charge >= 0.3 is 0 Å². The minimum atomic E-state index is -0.760. The van der Waals surface area contributed by atoms with Crippen molar-refractivity contribution >= 4 is 46.6 Å². The zero-order chi connectivity index (χ0) is 24.7. The van der Waals surface area contributed by atoms with Gasteiger partial charge < -0.3 is 10.2 Å². The molecular weight excluding hydrogens is 491 g/mol. The molecule has 1 atom stereocenters. The van der Waals surface area contributed by atoms with Gasteiger partial charge in [-0.15, -0.1) is 0 Å². The molecule has 0 saturated carbocycles. The molecule has 0 aliphatic rings. The van der Waals surface area contributed by atoms with Gasteiger partial charge in [-0.2, -0.15) is 0 Å². The van der Waals surface area contributed by atoms with Gasteiger partial charge in [-0.3, -0.25) is 9.59 Å². The summed E-state index contributed by atoms with van der Waals surface area (Å²) >= 11 is 19.0. The van der Waals surface area contributed by atoms with Gasteiger partial charge in [0, 0.05) is 39.6 Å². The second-order valence-electron chi connectivity index (χ2n) is 8.40. The highest BCUT2D eigenvalue weighted by Crippen LogP contribution is 2.27. The summed E-state index contributed by atoms with van der Waals surface area (Å²) in [5.41, 5.74) is 2.30. The summed E-state index contributed by atoms with van der Waals surface area (Å²) in [7, 11) is 0. The Morgan fingerprint density at radius 1 is 0.853 bits per heavy atom. The first kappa shape index (κ1) is 26.1. The lowest BCUT2D eigenvalue weighted by atomic mass is 10.0. The van der Waals surface area contributed by atoms with E-state index in [1.807, 2.05) is 50.2 Å². The lowest BCUT2D eigenvalue weighted by Gasteiger charge is -2.32. The van der Waals surface area contributed by atoms with E-state index in [2.05, 4.69) is 5.32 Å². The van der Waals surface area contributed by atoms with Gasteiger partial charge in [0.1, 0.15) is 6.04 Å². The third-order valence-electron chi connectivity index (χ3n) is 5.34. The van der Waals surface area contributed by atoms with E-state index in [1.165, 1.54) is 0 Å². The quantitative estimate of drug-likeness (QED) is 0.359. The highest BCUT2D eigenvalue weighted by Gasteiger charge is 2.31. The van der Waals surface area contributed by atoms with Gasteiger partial charge in [-0.1, -0.05) is 83.3 Å². The average molecular weight is 518 g/mol. The SMILES string of the molecule is CC(C)NC(=O)[C@H](Cc1ccccc1)N(Cc1c(Cl)cccc1Cl)C(=O)Cc1cccc(Cl)c1. The summed E-state index contributed by atoms with van der Waals surface area (Å²) in [6, 6.07) is 21.1. The fraction of sp³-hybridized carbons (Fsp3) is 0.259. The van der Waals surface area contributed by atoms with Crippen molar-refractivity contribution in [2.24, 2.45) is 0 Å². The minimum Gasteiger partial charge on any atom is -0.352 e. The first-order valence-corrected chi connectivity index (χ1v) is 12.2. The summed E-state index contributed by atoms with van der Waals surface area (Å²) in [4.78, 5) is 28.6. The molecule has 3 rings (SSSR count). The molecule has 0 unspecified atom stereocenters. The smallest absolute Gasteiger partial charge is 0.243 e. The predicted octanol–water partition coefficient (Wildman–Crippen LogP) is 6.35. The number of rotatable bonds is 9. The number of hydrogen-bond donors (Lipinski definition) is 1. The molecule has 0 spiro atoms. The molecule has 0 bridgehead atoms. The Hall–Kier alpha value is -2.53. The standard InChI is InChI=1S/C27H27Cl3N2O2/c1-18(2)31-27(34)25(15-19-8-4-3-5-9-19)32(17-22-23(29)12-7-13-24(22)30)26(33)16-20-10-6-11-21(28)14-20/h3-14,18,25H,15-17H2,1-2H3,(H,31,34)/t25-/m0/s1. The summed E-state index contributed by atoms with van der Waals surface area (Å²) < 4.78 is 0. The third-order valence-corrected chi connectivity index (χ3v) is 6.28. The van der Waals surface area contributed by atoms with Crippen LogP contribution in [0.2, 0.25) is 15.1 Å². The van der Waals surface area contributed by atoms with Crippen LogP contribution in [0.4, 0.5) is 0 Å². The van der Waals surface area contributed by atoms with Crippen LogP contribution in [0.5, 0.6) is 0 Å². The van der Waals surface area contributed by atoms with Crippen LogP contribution in [0.25, 0.3) is 0 Å². The summed E-state index contributed by atoms with van der Waals surface area (Å²) in [5.74, 6) is -0.459. The van der Waals surface area contributed by atoms with Gasteiger partial charge in [-0.25, -0.2) is 0 Å². The summed E-state index contributed by atoms with van der Waals surface area (Å²) in [6.45, 7) is 3.88. The number of nitrogens with zero attached hydrogens (tertiary/aromatic N) is 1. The molecule has 3 aromatic carbocycles. The lowest BCUT2D eigenvalue weighted by Crippen LogP contribution is -2.52. The van der Waals surface area contributed by atoms with E-state index in [0.717, 1.165) is 11.1 Å². The topological polar surface area (TPSA) is 49.4 Å². The Balaban J connectivity index is 2.02. The fourth-order valence-electron chi connectivity index (χ4n) is 3.71. The zero-order valence-electron chi connectivity index (χ0n) is 19.1. The minimum absolute atomic E-state index is 0.0837. The van der Waals surface area contributed by atoms with Crippen molar-refractivity contribution in [3.63, 3.8) is 0 Å². The molecule has 7 heteroatoms. The van der Waals surface area contributed by atoms with Crippen LogP contribution in [-0.4, -0.2) is 28.8 Å². The van der Waals surface area contributed by atoms with Crippen LogP contribution in [0.3, 0.4) is 0 Å². The van der Waals surface area contributed by atoms with Crippen molar-refractivity contribution < 1.29 is 9.59 Å². The van der Waals surface area contributed by atoms with Gasteiger partial charge in [0.2, 0.25) is 11.8 Å². The molecule has 0 aromatic heterocycles. The van der Waals surface area contributed by atoms with Gasteiger partial charge in [0.15, 0.2) is 0 Å². The Morgan fingerprint density at radius 3 is 2.09 bits per heavy atom. The normalized spacial score (nSPS) is 11.8. The molecule has 4 nitrogen and oxygen atoms in total. The Bertz CT molecular complexity index is 1120. The lowest BCUT2D eigenvalue weighted by molar-refractivity contribution is -0.141. The number of halogens is 3. The van der Waals surface area contributed by atoms with Crippen LogP contribution in [-0.2, 0) is 29.0 Å². The largest absolute Gasteiger partial charge is 0.352 e. The van der Waals surface area contributed by atoms with Crippen molar-refractivity contribution in [1.29, 1.82) is 0 Å². The first-order chi connectivity index (χ1) is 16.2. The first-order valence-electron chi connectivity index (χ1n) is 11.1. The molecule has 0 radical (unpaired) electrons. The van der Waals surface area contributed by atoms with Crippen molar-refractivity contribution in [1.82, 2.24) is 10.2 Å². The maximum absolute atomic E-state index is 13.7. The van der Waals surface area contributed by atoms with E-state index in [4.69, 9.17) is 34.8 Å². The van der Waals surface area contributed by atoms with E-state index < -0.39 is 6.04 Å². The molecule has 0 heterocycles. The molecule has 1 N–H and O–H groups in total. The summed E-state index contributed by atoms with van der Waals surface area (Å²) in [5, 5.41) is 4.39. The van der Waals surface area contributed by atoms with Crippen LogP contribution in [0.1, 0.15) is 30.5 Å². The monoisotopic (exact) mass is 516 g/mol. The van der Waals surface area contributed by atoms with Crippen molar-refractivity contribution in [2.45, 2.75) is 45.3 Å². The zero-order valence-corrected chi connectivity index (χ0v) is 21.4. The van der Waals surface area contributed by atoms with Crippen LogP contribution in [0.15, 0.2) is 72.8 Å². The molecule has 178 valence electrons. The number of carbonyl (C=O) groups excluding carboxylic acids is 2. The van der Waals surface area contributed by atoms with Gasteiger partial charge in [0.05, 0.1) is 6.42 Å². The molecule has 0 aliphatic carbocycles. The molecule has 3 aromatic rings. The molecular formula is C27H27Cl3N2O2. The maximum Gasteiger partial charge on any atom is 0.243 e. The second kappa shape index (κ2) is 12.3. The molecule has 34 heavy (non-hydrogen) atoms. The third kappa shape index (κ3) is 7.23. The summed E-state index contributed by atoms with van der Waals surface area (Å²) in [6.07, 6.45) is 0.436. The van der Waals surface area contributed by atoms with Gasteiger partial charge in [-0.05, 0) is 49.2 Å². The highest BCUT2D eigenvalue weighted by atomic mass is 35.5. The van der Waals surface area contributed by atoms with Crippen molar-refractivity contribution in [3.05, 3.63) is 105 Å². The Kier molecular flexibility index (Phi) is 9.40. The molecule has 2 amide bonds. The van der Waals surface area contributed by atoms with E-state index in [9.17, 15) is 9.59 Å². The second-order valence-corrected chi connectivity index (χ2v) is 9.65. The Morgan fingerprint density at radius 2 is 1.47 bits per heavy atom. The molecule has 0 fully saturated rings. The molecule has 0 saturated heterocycles. The van der Waals surface area contributed by atoms with E-state index in [1.54, 1.807) is 41.3 Å². The van der Waals surface area contributed by atoms with Gasteiger partial charge in [0.25, 0.3) is 0 Å². The maximum atomic E-state index is 13.7. The number of carbonyl (C=O) groups is 2. The van der Waals surface area contributed by atoms with E-state index >= 15 is 0 Å². The number of nitrogens with one attached hydrogen (secondary N) is 1. The van der Waals surface area contributed by atoms with E-state index in [-0.39, 0.29) is 30.8 Å². The number of amides is 2. The average Bonchev–Trinajstić information content (AvgIpc) is 2.78. The van der Waals surface area contributed by atoms with Crippen LogP contribution >= 0.6 is 34.8 Å². The number of benzene rings is 3. The Labute approximate surface area is 215 Å². The predicted molar refractivity (Wildman–Crippen MR) is 139 cm³/mol. The van der Waals surface area contributed by atoms with Crippen LogP contribution < -0.4 is 5.32 Å². The van der Waals surface area contributed by atoms with Crippen LogP contribution in [0, 0.1) is 0 Å². The van der Waals surface area contributed by atoms with E-state index in [0.29, 0.717) is 27.1 Å².